The Morgan fingerprint density at radius 3 is 2.56 bits per heavy atom. The van der Waals surface area contributed by atoms with Crippen LogP contribution in [0.1, 0.15) is 37.3 Å². The van der Waals surface area contributed by atoms with Gasteiger partial charge in [0.05, 0.1) is 0 Å². The van der Waals surface area contributed by atoms with E-state index in [-0.39, 0.29) is 0 Å². The molecule has 3 rings (SSSR count). The normalized spacial score (nSPS) is 35.9. The maximum atomic E-state index is 6.17. The maximum absolute atomic E-state index is 6.17. The van der Waals surface area contributed by atoms with Gasteiger partial charge in [0.1, 0.15) is 0 Å². The highest BCUT2D eigenvalue weighted by atomic mass is 15.2. The molecule has 0 spiro atoms. The van der Waals surface area contributed by atoms with Crippen LogP contribution in [0.15, 0.2) is 24.3 Å². The van der Waals surface area contributed by atoms with E-state index in [0.717, 1.165) is 18.5 Å². The molecule has 1 aromatic carbocycles. The van der Waals surface area contributed by atoms with Crippen LogP contribution in [0.4, 0.5) is 0 Å². The summed E-state index contributed by atoms with van der Waals surface area (Å²) < 4.78 is 0. The molecule has 0 aromatic heterocycles. The van der Waals surface area contributed by atoms with E-state index < -0.39 is 0 Å². The molecule has 0 radical (unpaired) electrons. The maximum Gasteiger partial charge on any atom is 0.0239 e. The van der Waals surface area contributed by atoms with E-state index >= 15 is 0 Å². The van der Waals surface area contributed by atoms with Crippen LogP contribution in [-0.4, -0.2) is 23.0 Å². The number of piperidine rings is 1. The third-order valence-electron chi connectivity index (χ3n) is 4.80. The molecule has 0 saturated carbocycles. The minimum atomic E-state index is 0.430. The number of rotatable bonds is 2. The van der Waals surface area contributed by atoms with Crippen LogP contribution in [-0.2, 0) is 6.54 Å². The van der Waals surface area contributed by atoms with E-state index in [9.17, 15) is 0 Å². The molecule has 4 unspecified atom stereocenters. The van der Waals surface area contributed by atoms with Crippen LogP contribution < -0.4 is 5.73 Å². The highest BCUT2D eigenvalue weighted by Crippen LogP contribution is 2.39. The quantitative estimate of drug-likeness (QED) is 0.866. The van der Waals surface area contributed by atoms with E-state index in [2.05, 4.69) is 43.0 Å². The lowest BCUT2D eigenvalue weighted by molar-refractivity contribution is 0.111. The number of aryl methyl sites for hydroxylation is 1. The van der Waals surface area contributed by atoms with Crippen LogP contribution in [0.2, 0.25) is 0 Å². The van der Waals surface area contributed by atoms with Crippen LogP contribution in [0.3, 0.4) is 0 Å². The van der Waals surface area contributed by atoms with Crippen molar-refractivity contribution >= 4 is 0 Å². The summed E-state index contributed by atoms with van der Waals surface area (Å²) in [5.41, 5.74) is 8.95. The molecule has 18 heavy (non-hydrogen) atoms. The molecule has 2 heteroatoms. The van der Waals surface area contributed by atoms with Gasteiger partial charge in [-0.3, -0.25) is 4.90 Å². The van der Waals surface area contributed by atoms with Gasteiger partial charge in [0, 0.05) is 24.7 Å². The van der Waals surface area contributed by atoms with Crippen molar-refractivity contribution in [3.8, 4) is 0 Å². The summed E-state index contributed by atoms with van der Waals surface area (Å²) in [4.78, 5) is 2.71. The van der Waals surface area contributed by atoms with Crippen molar-refractivity contribution in [1.29, 1.82) is 0 Å². The number of fused-ring (bicyclic) bond motifs is 2. The minimum Gasteiger partial charge on any atom is -0.328 e. The second kappa shape index (κ2) is 4.67. The Bertz CT molecular complexity index is 410. The van der Waals surface area contributed by atoms with E-state index in [1.54, 1.807) is 0 Å². The molecule has 4 atom stereocenters. The second-order valence-electron chi connectivity index (χ2n) is 6.32. The lowest BCUT2D eigenvalue weighted by Crippen LogP contribution is -2.47. The molecule has 2 fully saturated rings. The first kappa shape index (κ1) is 12.2. The minimum absolute atomic E-state index is 0.430. The summed E-state index contributed by atoms with van der Waals surface area (Å²) in [6, 6.07) is 10.8. The molecule has 2 heterocycles. The third-order valence-corrected chi connectivity index (χ3v) is 4.80. The van der Waals surface area contributed by atoms with E-state index in [0.29, 0.717) is 12.1 Å². The van der Waals surface area contributed by atoms with Crippen LogP contribution in [0.25, 0.3) is 0 Å². The van der Waals surface area contributed by atoms with Gasteiger partial charge in [-0.15, -0.1) is 0 Å². The van der Waals surface area contributed by atoms with Gasteiger partial charge in [-0.05, 0) is 37.7 Å². The fourth-order valence-corrected chi connectivity index (χ4v) is 3.83. The van der Waals surface area contributed by atoms with Crippen molar-refractivity contribution in [3.05, 3.63) is 35.4 Å². The average Bonchev–Trinajstić information content (AvgIpc) is 2.52. The standard InChI is InChI=1S/C16H24N2/c1-11-3-5-13(6-4-11)10-18-15-7-12(2)16(18)9-14(17)8-15/h3-6,12,14-16H,7-10,17H2,1-2H3. The zero-order valence-corrected chi connectivity index (χ0v) is 11.5. The van der Waals surface area contributed by atoms with Crippen molar-refractivity contribution in [2.45, 2.75) is 57.8 Å². The Morgan fingerprint density at radius 1 is 1.17 bits per heavy atom. The lowest BCUT2D eigenvalue weighted by atomic mass is 9.95. The summed E-state index contributed by atoms with van der Waals surface area (Å²) in [7, 11) is 0. The monoisotopic (exact) mass is 244 g/mol. The zero-order chi connectivity index (χ0) is 12.7. The molecular formula is C16H24N2. The number of nitrogens with zero attached hydrogens (tertiary/aromatic N) is 1. The molecule has 2 N–H and O–H groups in total. The molecule has 2 aliphatic heterocycles. The molecule has 2 saturated heterocycles. The van der Waals surface area contributed by atoms with Gasteiger partial charge in [-0.1, -0.05) is 36.8 Å². The van der Waals surface area contributed by atoms with Gasteiger partial charge >= 0.3 is 0 Å². The van der Waals surface area contributed by atoms with Gasteiger partial charge in [-0.2, -0.15) is 0 Å². The molecule has 2 nitrogen and oxygen atoms in total. The Hall–Kier alpha value is -0.860. The average molecular weight is 244 g/mol. The van der Waals surface area contributed by atoms with Crippen molar-refractivity contribution in [3.63, 3.8) is 0 Å². The SMILES string of the molecule is Cc1ccc(CN2C3CC(N)CC2C(C)C3)cc1. The predicted molar refractivity (Wildman–Crippen MR) is 75.3 cm³/mol. The molecule has 98 valence electrons. The van der Waals surface area contributed by atoms with Crippen LogP contribution in [0, 0.1) is 12.8 Å². The second-order valence-corrected chi connectivity index (χ2v) is 6.32. The third kappa shape index (κ3) is 2.19. The zero-order valence-electron chi connectivity index (χ0n) is 11.5. The van der Waals surface area contributed by atoms with E-state index in [1.807, 2.05) is 0 Å². The summed E-state index contributed by atoms with van der Waals surface area (Å²) in [5, 5.41) is 0. The first-order valence-corrected chi connectivity index (χ1v) is 7.20. The number of hydrogen-bond donors (Lipinski definition) is 1. The fourth-order valence-electron chi connectivity index (χ4n) is 3.83. The highest BCUT2D eigenvalue weighted by Gasteiger charge is 2.43. The Kier molecular flexibility index (Phi) is 3.16. The molecule has 1 aromatic rings. The van der Waals surface area contributed by atoms with Crippen molar-refractivity contribution in [2.24, 2.45) is 11.7 Å². The number of hydrogen-bond acceptors (Lipinski definition) is 2. The van der Waals surface area contributed by atoms with Gasteiger partial charge in [0.2, 0.25) is 0 Å². The number of nitrogens with two attached hydrogens (primary N) is 1. The Balaban J connectivity index is 1.75. The fraction of sp³-hybridized carbons (Fsp3) is 0.625. The van der Waals surface area contributed by atoms with Crippen LogP contribution in [0.5, 0.6) is 0 Å². The van der Waals surface area contributed by atoms with Gasteiger partial charge in [0.15, 0.2) is 0 Å². The van der Waals surface area contributed by atoms with E-state index in [4.69, 9.17) is 5.73 Å². The lowest BCUT2D eigenvalue weighted by Gasteiger charge is -2.38. The van der Waals surface area contributed by atoms with Crippen molar-refractivity contribution in [1.82, 2.24) is 4.90 Å². The van der Waals surface area contributed by atoms with Crippen molar-refractivity contribution < 1.29 is 0 Å². The highest BCUT2D eigenvalue weighted by molar-refractivity contribution is 5.21. The molecule has 2 aliphatic rings. The summed E-state index contributed by atoms with van der Waals surface area (Å²) >= 11 is 0. The van der Waals surface area contributed by atoms with Gasteiger partial charge in [-0.25, -0.2) is 0 Å². The first-order valence-electron chi connectivity index (χ1n) is 7.20. The summed E-state index contributed by atoms with van der Waals surface area (Å²) in [6.07, 6.45) is 3.71. The predicted octanol–water partition coefficient (Wildman–Crippen LogP) is 2.70. The largest absolute Gasteiger partial charge is 0.328 e. The molecule has 0 amide bonds. The Labute approximate surface area is 110 Å². The smallest absolute Gasteiger partial charge is 0.0239 e. The van der Waals surface area contributed by atoms with Gasteiger partial charge in [0.25, 0.3) is 0 Å². The summed E-state index contributed by atoms with van der Waals surface area (Å²) in [6.45, 7) is 5.65. The van der Waals surface area contributed by atoms with Gasteiger partial charge < -0.3 is 5.73 Å². The Morgan fingerprint density at radius 2 is 1.89 bits per heavy atom. The first-order chi connectivity index (χ1) is 8.63. The molecule has 2 bridgehead atoms. The number of benzene rings is 1. The summed E-state index contributed by atoms with van der Waals surface area (Å²) in [5.74, 6) is 0.814. The van der Waals surface area contributed by atoms with E-state index in [1.165, 1.54) is 30.4 Å². The van der Waals surface area contributed by atoms with Crippen LogP contribution >= 0.6 is 0 Å². The topological polar surface area (TPSA) is 29.3 Å². The van der Waals surface area contributed by atoms with Crippen molar-refractivity contribution in [2.75, 3.05) is 0 Å². The molecular weight excluding hydrogens is 220 g/mol. The molecule has 0 aliphatic carbocycles.